The molecule has 0 radical (unpaired) electrons. The Hall–Kier alpha value is -1.44. The highest BCUT2D eigenvalue weighted by Crippen LogP contribution is 2.29. The smallest absolute Gasteiger partial charge is 0.241 e. The first-order valence-electron chi connectivity index (χ1n) is 8.61. The first-order valence-corrected chi connectivity index (χ1v) is 10.1. The average Bonchev–Trinajstić information content (AvgIpc) is 2.55. The molecule has 0 aliphatic carbocycles. The number of benzene rings is 1. The molecule has 0 saturated carbocycles. The van der Waals surface area contributed by atoms with Crippen LogP contribution in [-0.2, 0) is 14.8 Å². The van der Waals surface area contributed by atoms with Gasteiger partial charge in [-0.1, -0.05) is 0 Å². The second kappa shape index (κ2) is 9.31. The summed E-state index contributed by atoms with van der Waals surface area (Å²) in [7, 11) is -1.79. The van der Waals surface area contributed by atoms with Gasteiger partial charge in [-0.15, -0.1) is 0 Å². The molecular formula is C18H31N3O3S. The van der Waals surface area contributed by atoms with Crippen LogP contribution < -0.4 is 15.4 Å². The molecule has 3 N–H and O–H groups in total. The molecule has 1 amide bonds. The van der Waals surface area contributed by atoms with Crippen LogP contribution in [0.1, 0.15) is 40.7 Å². The highest BCUT2D eigenvalue weighted by molar-refractivity contribution is 7.89. The molecule has 0 saturated heterocycles. The summed E-state index contributed by atoms with van der Waals surface area (Å²) in [6.45, 7) is 11.1. The summed E-state index contributed by atoms with van der Waals surface area (Å²) in [4.78, 5) is 12.1. The molecule has 0 atom stereocenters. The maximum absolute atomic E-state index is 12.7. The number of amides is 1. The van der Waals surface area contributed by atoms with Crippen LogP contribution in [0.3, 0.4) is 0 Å². The predicted molar refractivity (Wildman–Crippen MR) is 101 cm³/mol. The second-order valence-corrected chi connectivity index (χ2v) is 8.11. The van der Waals surface area contributed by atoms with Crippen LogP contribution in [0.2, 0.25) is 0 Å². The maximum Gasteiger partial charge on any atom is 0.241 e. The SMILES string of the molecule is CNCCCNC(=O)CCNS(=O)(=O)c1c(C)c(C)c(C)c(C)c1C. The van der Waals surface area contributed by atoms with Crippen LogP contribution in [0, 0.1) is 34.6 Å². The van der Waals surface area contributed by atoms with Crippen molar-refractivity contribution in [3.8, 4) is 0 Å². The van der Waals surface area contributed by atoms with Gasteiger partial charge in [0.2, 0.25) is 15.9 Å². The fourth-order valence-corrected chi connectivity index (χ4v) is 4.45. The van der Waals surface area contributed by atoms with E-state index in [1.54, 1.807) is 0 Å². The molecular weight excluding hydrogens is 338 g/mol. The van der Waals surface area contributed by atoms with E-state index in [-0.39, 0.29) is 18.9 Å². The zero-order valence-electron chi connectivity index (χ0n) is 16.2. The van der Waals surface area contributed by atoms with E-state index < -0.39 is 10.0 Å². The van der Waals surface area contributed by atoms with Crippen molar-refractivity contribution in [2.75, 3.05) is 26.7 Å². The maximum atomic E-state index is 12.7. The Labute approximate surface area is 151 Å². The first kappa shape index (κ1) is 21.6. The Bertz CT molecular complexity index is 699. The number of sulfonamides is 1. The highest BCUT2D eigenvalue weighted by Gasteiger charge is 2.23. The van der Waals surface area contributed by atoms with Crippen molar-refractivity contribution in [3.05, 3.63) is 27.8 Å². The summed E-state index contributed by atoms with van der Waals surface area (Å²) in [5, 5.41) is 5.78. The van der Waals surface area contributed by atoms with Gasteiger partial charge in [-0.3, -0.25) is 4.79 Å². The van der Waals surface area contributed by atoms with Crippen molar-refractivity contribution >= 4 is 15.9 Å². The van der Waals surface area contributed by atoms with Crippen LogP contribution in [0.25, 0.3) is 0 Å². The lowest BCUT2D eigenvalue weighted by Crippen LogP contribution is -2.32. The Morgan fingerprint density at radius 2 is 1.36 bits per heavy atom. The molecule has 6 nitrogen and oxygen atoms in total. The van der Waals surface area contributed by atoms with E-state index in [0.29, 0.717) is 11.4 Å². The molecule has 0 aromatic heterocycles. The monoisotopic (exact) mass is 369 g/mol. The molecule has 1 rings (SSSR count). The van der Waals surface area contributed by atoms with Gasteiger partial charge in [0.25, 0.3) is 0 Å². The summed E-state index contributed by atoms with van der Waals surface area (Å²) in [6, 6.07) is 0. The molecule has 7 heteroatoms. The number of hydrogen-bond donors (Lipinski definition) is 3. The summed E-state index contributed by atoms with van der Waals surface area (Å²) in [5.74, 6) is -0.150. The molecule has 0 unspecified atom stereocenters. The van der Waals surface area contributed by atoms with Crippen LogP contribution in [-0.4, -0.2) is 41.0 Å². The summed E-state index contributed by atoms with van der Waals surface area (Å²) >= 11 is 0. The third-order valence-electron chi connectivity index (χ3n) is 4.77. The minimum absolute atomic E-state index is 0.0883. The molecule has 25 heavy (non-hydrogen) atoms. The van der Waals surface area contributed by atoms with E-state index in [2.05, 4.69) is 15.4 Å². The predicted octanol–water partition coefficient (Wildman–Crippen LogP) is 1.62. The zero-order chi connectivity index (χ0) is 19.2. The van der Waals surface area contributed by atoms with E-state index in [9.17, 15) is 13.2 Å². The second-order valence-electron chi connectivity index (χ2n) is 6.41. The van der Waals surface area contributed by atoms with Crippen LogP contribution in [0.4, 0.5) is 0 Å². The third kappa shape index (κ3) is 5.52. The Kier molecular flexibility index (Phi) is 8.05. The van der Waals surface area contributed by atoms with Crippen LogP contribution in [0.15, 0.2) is 4.90 Å². The number of nitrogens with one attached hydrogen (secondary N) is 3. The van der Waals surface area contributed by atoms with Gasteiger partial charge < -0.3 is 10.6 Å². The number of rotatable bonds is 9. The molecule has 0 aliphatic heterocycles. The van der Waals surface area contributed by atoms with Crippen molar-refractivity contribution in [1.29, 1.82) is 0 Å². The van der Waals surface area contributed by atoms with E-state index in [1.807, 2.05) is 41.7 Å². The summed E-state index contributed by atoms with van der Waals surface area (Å²) in [5.41, 5.74) is 4.64. The lowest BCUT2D eigenvalue weighted by molar-refractivity contribution is -0.120. The van der Waals surface area contributed by atoms with Gasteiger partial charge in [0.15, 0.2) is 0 Å². The Morgan fingerprint density at radius 3 is 1.88 bits per heavy atom. The van der Waals surface area contributed by atoms with Crippen molar-refractivity contribution in [1.82, 2.24) is 15.4 Å². The molecule has 0 heterocycles. The lowest BCUT2D eigenvalue weighted by Gasteiger charge is -2.19. The standard InChI is InChI=1S/C18H31N3O3S/c1-12-13(2)15(4)18(16(5)14(12)3)25(23,24)21-11-8-17(22)20-10-7-9-19-6/h19,21H,7-11H2,1-6H3,(H,20,22). The molecule has 0 bridgehead atoms. The third-order valence-corrected chi connectivity index (χ3v) is 6.50. The Morgan fingerprint density at radius 1 is 0.840 bits per heavy atom. The summed E-state index contributed by atoms with van der Waals surface area (Å²) < 4.78 is 28.0. The van der Waals surface area contributed by atoms with Gasteiger partial charge in [-0.05, 0) is 82.4 Å². The molecule has 142 valence electrons. The Balaban J connectivity index is 2.76. The van der Waals surface area contributed by atoms with Crippen molar-refractivity contribution < 1.29 is 13.2 Å². The van der Waals surface area contributed by atoms with E-state index >= 15 is 0 Å². The van der Waals surface area contributed by atoms with Crippen molar-refractivity contribution in [3.63, 3.8) is 0 Å². The normalized spacial score (nSPS) is 11.6. The fraction of sp³-hybridized carbons (Fsp3) is 0.611. The van der Waals surface area contributed by atoms with Gasteiger partial charge in [0.05, 0.1) is 4.90 Å². The average molecular weight is 370 g/mol. The first-order chi connectivity index (χ1) is 11.6. The zero-order valence-corrected chi connectivity index (χ0v) is 17.0. The van der Waals surface area contributed by atoms with Crippen molar-refractivity contribution in [2.45, 2.75) is 52.4 Å². The van der Waals surface area contributed by atoms with Gasteiger partial charge in [0.1, 0.15) is 0 Å². The number of carbonyl (C=O) groups is 1. The molecule has 1 aromatic carbocycles. The minimum atomic E-state index is -3.65. The molecule has 0 spiro atoms. The lowest BCUT2D eigenvalue weighted by atomic mass is 9.95. The largest absolute Gasteiger partial charge is 0.356 e. The van der Waals surface area contributed by atoms with Crippen LogP contribution in [0.5, 0.6) is 0 Å². The highest BCUT2D eigenvalue weighted by atomic mass is 32.2. The summed E-state index contributed by atoms with van der Waals surface area (Å²) in [6.07, 6.45) is 0.967. The van der Waals surface area contributed by atoms with Crippen molar-refractivity contribution in [2.24, 2.45) is 0 Å². The molecule has 1 aromatic rings. The number of hydrogen-bond acceptors (Lipinski definition) is 4. The van der Waals surface area contributed by atoms with Gasteiger partial charge in [-0.25, -0.2) is 13.1 Å². The van der Waals surface area contributed by atoms with Gasteiger partial charge in [-0.2, -0.15) is 0 Å². The molecule has 0 fully saturated rings. The van der Waals surface area contributed by atoms with Gasteiger partial charge >= 0.3 is 0 Å². The number of carbonyl (C=O) groups excluding carboxylic acids is 1. The topological polar surface area (TPSA) is 87.3 Å². The molecule has 0 aliphatic rings. The van der Waals surface area contributed by atoms with Gasteiger partial charge in [0, 0.05) is 19.5 Å². The van der Waals surface area contributed by atoms with E-state index in [4.69, 9.17) is 0 Å². The van der Waals surface area contributed by atoms with Crippen LogP contribution >= 0.6 is 0 Å². The van der Waals surface area contributed by atoms with E-state index in [1.165, 1.54) is 0 Å². The van der Waals surface area contributed by atoms with E-state index in [0.717, 1.165) is 40.8 Å². The minimum Gasteiger partial charge on any atom is -0.356 e. The quantitative estimate of drug-likeness (QED) is 0.577. The fourth-order valence-electron chi connectivity index (χ4n) is 2.82.